The maximum absolute atomic E-state index is 10.7. The molecule has 2 aromatic rings. The maximum Gasteiger partial charge on any atom is 0.272 e. The molecular formula is C12H15N5O3. The predicted molar refractivity (Wildman–Crippen MR) is 73.8 cm³/mol. The summed E-state index contributed by atoms with van der Waals surface area (Å²) in [5, 5.41) is 17.6. The van der Waals surface area contributed by atoms with Crippen molar-refractivity contribution < 1.29 is 9.45 Å². The van der Waals surface area contributed by atoms with E-state index in [1.54, 1.807) is 24.0 Å². The van der Waals surface area contributed by atoms with Gasteiger partial charge in [-0.05, 0) is 24.2 Å². The summed E-state index contributed by atoms with van der Waals surface area (Å²) in [6.07, 6.45) is 0. The molecule has 2 rings (SSSR count). The lowest BCUT2D eigenvalue weighted by molar-refractivity contribution is -0.385. The van der Waals surface area contributed by atoms with Crippen molar-refractivity contribution >= 4 is 17.3 Å². The van der Waals surface area contributed by atoms with Gasteiger partial charge in [0.05, 0.1) is 11.5 Å². The number of aromatic nitrogens is 2. The summed E-state index contributed by atoms with van der Waals surface area (Å²) < 4.78 is 5.07. The third kappa shape index (κ3) is 3.02. The number of nitrogens with zero attached hydrogens (tertiary/aromatic N) is 4. The van der Waals surface area contributed by atoms with Crippen LogP contribution in [0.5, 0.6) is 0 Å². The number of anilines is 2. The number of nitro groups is 1. The molecule has 1 heterocycles. The van der Waals surface area contributed by atoms with Crippen molar-refractivity contribution in [1.82, 2.24) is 10.1 Å². The number of nitro benzene ring substituents is 1. The number of hydrogen-bond donors (Lipinski definition) is 1. The second-order valence-electron chi connectivity index (χ2n) is 4.49. The Labute approximate surface area is 115 Å². The van der Waals surface area contributed by atoms with Crippen molar-refractivity contribution in [3.63, 3.8) is 0 Å². The number of hydrogen-bond acceptors (Lipinski definition) is 7. The van der Waals surface area contributed by atoms with Crippen molar-refractivity contribution in [3.8, 4) is 0 Å². The largest absolute Gasteiger partial charge is 0.376 e. The van der Waals surface area contributed by atoms with Crippen LogP contribution in [0.4, 0.5) is 17.3 Å². The van der Waals surface area contributed by atoms with Crippen LogP contribution < -0.4 is 10.2 Å². The van der Waals surface area contributed by atoms with E-state index in [1.165, 1.54) is 6.07 Å². The van der Waals surface area contributed by atoms with E-state index in [2.05, 4.69) is 15.5 Å². The highest BCUT2D eigenvalue weighted by molar-refractivity contribution is 5.53. The monoisotopic (exact) mass is 277 g/mol. The summed E-state index contributed by atoms with van der Waals surface area (Å²) in [7, 11) is 3.64. The quantitative estimate of drug-likeness (QED) is 0.659. The molecule has 0 saturated heterocycles. The lowest BCUT2D eigenvalue weighted by atomic mass is 10.2. The van der Waals surface area contributed by atoms with Gasteiger partial charge >= 0.3 is 0 Å². The molecule has 20 heavy (non-hydrogen) atoms. The Kier molecular flexibility index (Phi) is 3.83. The van der Waals surface area contributed by atoms with E-state index in [9.17, 15) is 10.1 Å². The van der Waals surface area contributed by atoms with E-state index in [0.717, 1.165) is 5.69 Å². The maximum atomic E-state index is 10.7. The minimum absolute atomic E-state index is 0.100. The van der Waals surface area contributed by atoms with Crippen LogP contribution in [0.15, 0.2) is 22.7 Å². The fourth-order valence-corrected chi connectivity index (χ4v) is 1.65. The molecule has 106 valence electrons. The molecule has 0 fully saturated rings. The molecule has 0 radical (unpaired) electrons. The highest BCUT2D eigenvalue weighted by Crippen LogP contribution is 2.21. The van der Waals surface area contributed by atoms with Crippen LogP contribution in [0.2, 0.25) is 0 Å². The van der Waals surface area contributed by atoms with Crippen molar-refractivity contribution in [2.45, 2.75) is 13.5 Å². The second kappa shape index (κ2) is 5.55. The van der Waals surface area contributed by atoms with Crippen LogP contribution in [0.1, 0.15) is 11.5 Å². The van der Waals surface area contributed by atoms with E-state index in [0.29, 0.717) is 23.9 Å². The van der Waals surface area contributed by atoms with E-state index in [4.69, 9.17) is 4.52 Å². The topological polar surface area (TPSA) is 97.3 Å². The van der Waals surface area contributed by atoms with Gasteiger partial charge in [-0.2, -0.15) is 4.98 Å². The number of aryl methyl sites for hydroxylation is 1. The fourth-order valence-electron chi connectivity index (χ4n) is 1.65. The molecule has 0 spiro atoms. The fraction of sp³-hybridized carbons (Fsp3) is 0.333. The van der Waals surface area contributed by atoms with Crippen molar-refractivity contribution in [1.29, 1.82) is 0 Å². The van der Waals surface area contributed by atoms with Crippen LogP contribution in [-0.4, -0.2) is 29.2 Å². The summed E-state index contributed by atoms with van der Waals surface area (Å²) in [6.45, 7) is 2.05. The van der Waals surface area contributed by atoms with E-state index < -0.39 is 4.92 Å². The van der Waals surface area contributed by atoms with Gasteiger partial charge in [-0.3, -0.25) is 10.1 Å². The van der Waals surface area contributed by atoms with Gasteiger partial charge in [-0.25, -0.2) is 0 Å². The van der Waals surface area contributed by atoms with Gasteiger partial charge in [-0.15, -0.1) is 0 Å². The van der Waals surface area contributed by atoms with Gasteiger partial charge in [0.1, 0.15) is 0 Å². The highest BCUT2D eigenvalue weighted by Gasteiger charge is 2.11. The molecule has 0 aliphatic rings. The first-order chi connectivity index (χ1) is 9.47. The van der Waals surface area contributed by atoms with Crippen LogP contribution in [0, 0.1) is 17.0 Å². The average molecular weight is 277 g/mol. The third-order valence-corrected chi connectivity index (χ3v) is 2.69. The molecular weight excluding hydrogens is 262 g/mol. The van der Waals surface area contributed by atoms with Crippen LogP contribution in [0.3, 0.4) is 0 Å². The highest BCUT2D eigenvalue weighted by atomic mass is 16.6. The lowest BCUT2D eigenvalue weighted by Gasteiger charge is -2.05. The smallest absolute Gasteiger partial charge is 0.272 e. The Balaban J connectivity index is 2.03. The summed E-state index contributed by atoms with van der Waals surface area (Å²) in [5.41, 5.74) is 1.46. The summed E-state index contributed by atoms with van der Waals surface area (Å²) in [6, 6.07) is 4.83. The van der Waals surface area contributed by atoms with Crippen LogP contribution in [0.25, 0.3) is 0 Å². The number of benzene rings is 1. The lowest BCUT2D eigenvalue weighted by Crippen LogP contribution is -2.10. The van der Waals surface area contributed by atoms with Crippen LogP contribution in [-0.2, 0) is 6.54 Å². The molecule has 0 bridgehead atoms. The van der Waals surface area contributed by atoms with Gasteiger partial charge in [-0.1, -0.05) is 0 Å². The molecule has 0 unspecified atom stereocenters. The first kappa shape index (κ1) is 13.8. The molecule has 0 aliphatic carbocycles. The van der Waals surface area contributed by atoms with Crippen molar-refractivity contribution in [2.75, 3.05) is 24.3 Å². The number of rotatable bonds is 5. The molecule has 1 aromatic carbocycles. The summed E-state index contributed by atoms with van der Waals surface area (Å²) in [5.74, 6) is 0.950. The Morgan fingerprint density at radius 3 is 2.75 bits per heavy atom. The number of nitrogens with one attached hydrogen (secondary N) is 1. The third-order valence-electron chi connectivity index (χ3n) is 2.69. The van der Waals surface area contributed by atoms with Crippen molar-refractivity contribution in [3.05, 3.63) is 39.8 Å². The molecule has 0 saturated carbocycles. The van der Waals surface area contributed by atoms with E-state index >= 15 is 0 Å². The molecule has 8 nitrogen and oxygen atoms in total. The molecule has 0 aliphatic heterocycles. The zero-order valence-electron chi connectivity index (χ0n) is 11.5. The SMILES string of the molecule is Cc1cc(NCc2nc(N(C)C)no2)ccc1[N+](=O)[O-]. The molecule has 0 atom stereocenters. The van der Waals surface area contributed by atoms with E-state index in [-0.39, 0.29) is 5.69 Å². The molecule has 1 aromatic heterocycles. The second-order valence-corrected chi connectivity index (χ2v) is 4.49. The Morgan fingerprint density at radius 2 is 2.20 bits per heavy atom. The average Bonchev–Trinajstić information content (AvgIpc) is 2.85. The Bertz CT molecular complexity index is 623. The minimum atomic E-state index is -0.402. The zero-order chi connectivity index (χ0) is 14.7. The Morgan fingerprint density at radius 1 is 1.45 bits per heavy atom. The van der Waals surface area contributed by atoms with Gasteiger partial charge < -0.3 is 14.7 Å². The summed E-state index contributed by atoms with van der Waals surface area (Å²) in [4.78, 5) is 16.2. The van der Waals surface area contributed by atoms with Gasteiger partial charge in [0, 0.05) is 31.4 Å². The molecule has 1 N–H and O–H groups in total. The normalized spacial score (nSPS) is 10.3. The summed E-state index contributed by atoms with van der Waals surface area (Å²) >= 11 is 0. The standard InChI is InChI=1S/C12H15N5O3/c1-8-6-9(4-5-10(8)17(18)19)13-7-11-14-12(15-20-11)16(2)3/h4-6,13H,7H2,1-3H3. The first-order valence-corrected chi connectivity index (χ1v) is 5.96. The molecule has 8 heteroatoms. The zero-order valence-corrected chi connectivity index (χ0v) is 11.5. The van der Waals surface area contributed by atoms with E-state index in [1.807, 2.05) is 14.1 Å². The van der Waals surface area contributed by atoms with Crippen molar-refractivity contribution in [2.24, 2.45) is 0 Å². The Hall–Kier alpha value is -2.64. The first-order valence-electron chi connectivity index (χ1n) is 5.96. The van der Waals surface area contributed by atoms with Gasteiger partial charge in [0.15, 0.2) is 0 Å². The predicted octanol–water partition coefficient (Wildman–Crippen LogP) is 1.96. The van der Waals surface area contributed by atoms with Crippen LogP contribution >= 0.6 is 0 Å². The van der Waals surface area contributed by atoms with Gasteiger partial charge in [0.2, 0.25) is 5.89 Å². The molecule has 0 amide bonds. The minimum Gasteiger partial charge on any atom is -0.376 e. The van der Waals surface area contributed by atoms with Gasteiger partial charge in [0.25, 0.3) is 11.6 Å².